The first kappa shape index (κ1) is 52.3. The maximum absolute atomic E-state index is 13.1. The number of rotatable bonds is 14. The minimum atomic E-state index is -1.36. The number of hydrogen-bond donors (Lipinski definition) is 2. The lowest BCUT2D eigenvalue weighted by molar-refractivity contribution is -0.152. The zero-order valence-electron chi connectivity index (χ0n) is 34.7. The van der Waals surface area contributed by atoms with E-state index >= 15 is 0 Å². The molecule has 0 aliphatic heterocycles. The molecule has 0 radical (unpaired) electrons. The summed E-state index contributed by atoms with van der Waals surface area (Å²) in [5.41, 5.74) is 0.312. The number of methoxy groups -OCH3 is 1. The summed E-state index contributed by atoms with van der Waals surface area (Å²) >= 11 is 18.6. The van der Waals surface area contributed by atoms with Crippen LogP contribution in [0, 0.1) is 5.92 Å². The fourth-order valence-electron chi connectivity index (χ4n) is 4.27. The molecule has 0 amide bonds. The molecule has 0 spiro atoms. The van der Waals surface area contributed by atoms with Gasteiger partial charge in [-0.15, -0.1) is 11.6 Å². The summed E-state index contributed by atoms with van der Waals surface area (Å²) in [6.45, 7) is 24.0. The molecule has 0 aliphatic rings. The van der Waals surface area contributed by atoms with Crippen molar-refractivity contribution in [1.82, 2.24) is 19.7 Å². The smallest absolute Gasteiger partial charge is 0.347 e. The Morgan fingerprint density at radius 2 is 1.53 bits per heavy atom. The van der Waals surface area contributed by atoms with Crippen LogP contribution in [0.2, 0.25) is 0 Å². The normalized spacial score (nSPS) is 12.1. The quantitative estimate of drug-likeness (QED) is 0.156. The van der Waals surface area contributed by atoms with Gasteiger partial charge in [0.1, 0.15) is 17.0 Å². The van der Waals surface area contributed by atoms with E-state index in [1.54, 1.807) is 55.3 Å². The lowest BCUT2D eigenvalue weighted by Crippen LogP contribution is -2.37. The molecule has 0 fully saturated rings. The Bertz CT molecular complexity index is 1560. The van der Waals surface area contributed by atoms with Gasteiger partial charge in [-0.1, -0.05) is 135 Å². The number of nitrogens with one attached hydrogen (secondary N) is 1. The number of unbranched alkanes of at least 4 members (excludes halogenated alkanes) is 1. The first-order valence-corrected chi connectivity index (χ1v) is 19.8. The number of fused-ring (bicyclic) bond motifs is 1. The molecule has 3 rings (SSSR count). The van der Waals surface area contributed by atoms with Gasteiger partial charge in [-0.3, -0.25) is 4.79 Å². The number of H-pyrrole nitrogens is 1. The monoisotopic (exact) mass is 800 g/mol. The number of hydrogen-bond acceptors (Lipinski definition) is 6. The Morgan fingerprint density at radius 3 is 1.94 bits per heavy atom. The SMILES string of the molecule is CC.CC(Cl)/C=C(/Cl)C/C=C(/Cl)Cn1nc(C(C)C)c2c(=O)[nH]c(Cc3ccc(OC(C)(C)C(=O)O)cc3)nc21.CCCC.CCCC(C)C.COC. The molecular weight excluding hydrogens is 735 g/mol. The second kappa shape index (κ2) is 28.6. The number of benzene rings is 1. The Hall–Kier alpha value is -2.85. The highest BCUT2D eigenvalue weighted by Gasteiger charge is 2.29. The van der Waals surface area contributed by atoms with Crippen molar-refractivity contribution in [3.05, 3.63) is 73.9 Å². The van der Waals surface area contributed by atoms with Crippen LogP contribution in [0.1, 0.15) is 138 Å². The van der Waals surface area contributed by atoms with Crippen molar-refractivity contribution in [2.45, 2.75) is 145 Å². The van der Waals surface area contributed by atoms with Gasteiger partial charge in [0.05, 0.1) is 17.6 Å². The summed E-state index contributed by atoms with van der Waals surface area (Å²) in [5, 5.41) is 15.2. The van der Waals surface area contributed by atoms with Gasteiger partial charge in [-0.25, -0.2) is 14.5 Å². The van der Waals surface area contributed by atoms with E-state index in [9.17, 15) is 14.7 Å². The maximum Gasteiger partial charge on any atom is 0.347 e. The van der Waals surface area contributed by atoms with Crippen LogP contribution in [-0.2, 0) is 22.5 Å². The highest BCUT2D eigenvalue weighted by atomic mass is 35.5. The third-order valence-electron chi connectivity index (χ3n) is 7.00. The van der Waals surface area contributed by atoms with Crippen LogP contribution in [0.25, 0.3) is 11.0 Å². The van der Waals surface area contributed by atoms with Crippen LogP contribution in [0.3, 0.4) is 0 Å². The van der Waals surface area contributed by atoms with Crippen molar-refractivity contribution in [1.29, 1.82) is 0 Å². The summed E-state index contributed by atoms with van der Waals surface area (Å²) in [6.07, 6.45) is 9.64. The highest BCUT2D eigenvalue weighted by Crippen LogP contribution is 2.24. The van der Waals surface area contributed by atoms with E-state index in [-0.39, 0.29) is 23.4 Å². The largest absolute Gasteiger partial charge is 0.478 e. The van der Waals surface area contributed by atoms with Gasteiger partial charge < -0.3 is 19.6 Å². The number of ether oxygens (including phenoxy) is 2. The number of aromatic nitrogens is 4. The fraction of sp³-hybridized carbons (Fsp3) is 0.610. The van der Waals surface area contributed by atoms with E-state index in [4.69, 9.17) is 44.5 Å². The number of aromatic amines is 1. The van der Waals surface area contributed by atoms with E-state index in [0.717, 1.165) is 11.5 Å². The number of carboxylic acids is 1. The first-order valence-electron chi connectivity index (χ1n) is 18.6. The number of halogens is 3. The molecule has 9 nitrogen and oxygen atoms in total. The lowest BCUT2D eigenvalue weighted by Gasteiger charge is -2.21. The van der Waals surface area contributed by atoms with Crippen molar-refractivity contribution < 1.29 is 19.4 Å². The maximum atomic E-state index is 13.1. The average molecular weight is 802 g/mol. The molecule has 3 aromatic rings. The van der Waals surface area contributed by atoms with Crippen LogP contribution in [0.5, 0.6) is 5.75 Å². The molecule has 2 heterocycles. The molecule has 0 saturated heterocycles. The molecule has 1 aromatic carbocycles. The van der Waals surface area contributed by atoms with E-state index in [0.29, 0.717) is 51.2 Å². The Labute approximate surface area is 334 Å². The second-order valence-corrected chi connectivity index (χ2v) is 15.0. The van der Waals surface area contributed by atoms with E-state index in [2.05, 4.69) is 49.4 Å². The van der Waals surface area contributed by atoms with Crippen LogP contribution in [0.15, 0.2) is 51.3 Å². The predicted octanol–water partition coefficient (Wildman–Crippen LogP) is 11.9. The third kappa shape index (κ3) is 21.6. The molecule has 12 heteroatoms. The molecule has 2 N–H and O–H groups in total. The number of aliphatic carboxylic acids is 1. The zero-order valence-corrected chi connectivity index (χ0v) is 37.0. The van der Waals surface area contributed by atoms with Gasteiger partial charge in [0.25, 0.3) is 5.56 Å². The summed E-state index contributed by atoms with van der Waals surface area (Å²) < 4.78 is 11.4. The van der Waals surface area contributed by atoms with Crippen LogP contribution in [0.4, 0.5) is 0 Å². The van der Waals surface area contributed by atoms with Crippen molar-refractivity contribution in [2.75, 3.05) is 14.2 Å². The van der Waals surface area contributed by atoms with Crippen molar-refractivity contribution >= 4 is 51.8 Å². The van der Waals surface area contributed by atoms with Crippen LogP contribution < -0.4 is 10.3 Å². The topological polar surface area (TPSA) is 119 Å². The van der Waals surface area contributed by atoms with Gasteiger partial charge in [0.2, 0.25) is 0 Å². The summed E-state index contributed by atoms with van der Waals surface area (Å²) in [7, 11) is 3.25. The molecule has 0 bridgehead atoms. The number of carbonyl (C=O) groups is 1. The Morgan fingerprint density at radius 1 is 0.981 bits per heavy atom. The lowest BCUT2D eigenvalue weighted by atomic mass is 10.1. The molecular formula is C41H67Cl3N4O5. The Balaban J connectivity index is 0. The molecule has 0 aliphatic carbocycles. The molecule has 302 valence electrons. The van der Waals surface area contributed by atoms with Gasteiger partial charge in [-0.2, -0.15) is 5.10 Å². The average Bonchev–Trinajstić information content (AvgIpc) is 3.44. The molecule has 53 heavy (non-hydrogen) atoms. The first-order chi connectivity index (χ1) is 24.9. The molecule has 0 saturated carbocycles. The van der Waals surface area contributed by atoms with Crippen LogP contribution in [-0.4, -0.2) is 56.0 Å². The second-order valence-electron chi connectivity index (χ2n) is 13.4. The Kier molecular flexibility index (Phi) is 28.2. The minimum absolute atomic E-state index is 0.000406. The molecule has 2 aromatic heterocycles. The fourth-order valence-corrected chi connectivity index (χ4v) is 4.94. The van der Waals surface area contributed by atoms with E-state index in [1.165, 1.54) is 39.5 Å². The number of alkyl halides is 1. The minimum Gasteiger partial charge on any atom is -0.478 e. The van der Waals surface area contributed by atoms with E-state index in [1.807, 2.05) is 34.6 Å². The standard InChI is InChI=1S/C27H31Cl3N4O4.C6H14.C4H10.C2H6O.C2H6/c1-15(2)23-22-24(34(33-23)14-19(30)9-8-18(29)12-16(3)28)31-21(32-25(22)35)13-17-6-10-20(11-7-17)38-27(4,5)26(36)37;1-4-5-6(2)3;1-3-4-2;1-3-2;1-2/h6-7,9-12,15-16H,8,13-14H2,1-5H3,(H,36,37)(H,31,32,35);6H,4-5H2,1-3H3;3-4H2,1-2H3;1-2H3;1-2H3/b18-12+,19-9+;;;;. The van der Waals surface area contributed by atoms with Gasteiger partial charge >= 0.3 is 5.97 Å². The number of allylic oxidation sites excluding steroid dienone is 4. The summed E-state index contributed by atoms with van der Waals surface area (Å²) in [5.74, 6) is 0.721. The van der Waals surface area contributed by atoms with Gasteiger partial charge in [-0.05, 0) is 50.3 Å². The predicted molar refractivity (Wildman–Crippen MR) is 226 cm³/mol. The van der Waals surface area contributed by atoms with Crippen molar-refractivity contribution in [2.24, 2.45) is 5.92 Å². The molecule has 1 unspecified atom stereocenters. The van der Waals surface area contributed by atoms with Crippen molar-refractivity contribution in [3.8, 4) is 5.75 Å². The van der Waals surface area contributed by atoms with Crippen LogP contribution >= 0.6 is 34.8 Å². The number of nitrogens with zero attached hydrogens (tertiary/aromatic N) is 3. The zero-order chi connectivity index (χ0) is 41.3. The third-order valence-corrected chi connectivity index (χ3v) is 7.68. The van der Waals surface area contributed by atoms with Gasteiger partial charge in [0.15, 0.2) is 11.2 Å². The summed E-state index contributed by atoms with van der Waals surface area (Å²) in [6, 6.07) is 6.97. The van der Waals surface area contributed by atoms with E-state index < -0.39 is 11.6 Å². The highest BCUT2D eigenvalue weighted by molar-refractivity contribution is 6.31. The number of carboxylic acid groups (broad SMARTS) is 1. The summed E-state index contributed by atoms with van der Waals surface area (Å²) in [4.78, 5) is 32.0. The van der Waals surface area contributed by atoms with Crippen molar-refractivity contribution in [3.63, 3.8) is 0 Å². The molecule has 1 atom stereocenters. The van der Waals surface area contributed by atoms with Gasteiger partial charge in [0, 0.05) is 37.1 Å².